The van der Waals surface area contributed by atoms with Crippen LogP contribution in [0.5, 0.6) is 0 Å². The first-order valence-corrected chi connectivity index (χ1v) is 11.6. The van der Waals surface area contributed by atoms with Gasteiger partial charge in [0.05, 0.1) is 11.5 Å². The van der Waals surface area contributed by atoms with E-state index in [0.717, 1.165) is 12.0 Å². The number of hydrogen-bond acceptors (Lipinski definition) is 4. The second-order valence-electron chi connectivity index (χ2n) is 7.98. The van der Waals surface area contributed by atoms with E-state index in [1.54, 1.807) is 4.90 Å². The number of hydrogen-bond donors (Lipinski definition) is 0. The molecule has 1 unspecified atom stereocenters. The van der Waals surface area contributed by atoms with Crippen LogP contribution >= 0.6 is 0 Å². The molecule has 2 heterocycles. The van der Waals surface area contributed by atoms with Crippen LogP contribution in [-0.4, -0.2) is 60.7 Å². The van der Waals surface area contributed by atoms with Crippen molar-refractivity contribution in [3.8, 4) is 0 Å². The van der Waals surface area contributed by atoms with Gasteiger partial charge in [0.25, 0.3) is 0 Å². The lowest BCUT2D eigenvalue weighted by Gasteiger charge is -2.35. The van der Waals surface area contributed by atoms with E-state index in [1.165, 1.54) is 5.56 Å². The van der Waals surface area contributed by atoms with Crippen molar-refractivity contribution in [1.29, 1.82) is 0 Å². The molecule has 0 aromatic heterocycles. The second-order valence-corrected chi connectivity index (χ2v) is 10.2. The summed E-state index contributed by atoms with van der Waals surface area (Å²) < 4.78 is 23.7. The Bertz CT molecular complexity index is 876. The zero-order valence-corrected chi connectivity index (χ0v) is 16.5. The van der Waals surface area contributed by atoms with E-state index in [4.69, 9.17) is 0 Å². The minimum Gasteiger partial charge on any atom is -0.338 e. The fourth-order valence-electron chi connectivity index (χ4n) is 4.48. The maximum absolute atomic E-state index is 13.3. The summed E-state index contributed by atoms with van der Waals surface area (Å²) in [5.41, 5.74) is 1.45. The van der Waals surface area contributed by atoms with Crippen LogP contribution in [0.4, 0.5) is 0 Å². The van der Waals surface area contributed by atoms with Gasteiger partial charge in [-0.1, -0.05) is 24.3 Å². The van der Waals surface area contributed by atoms with Crippen molar-refractivity contribution in [2.24, 2.45) is 5.41 Å². The molecule has 0 spiro atoms. The Balaban J connectivity index is 1.51. The molecule has 1 aliphatic carbocycles. The van der Waals surface area contributed by atoms with Crippen LogP contribution < -0.4 is 0 Å². The maximum atomic E-state index is 13.3. The molecule has 7 heteroatoms. The molecule has 2 aliphatic heterocycles. The Morgan fingerprint density at radius 3 is 2.52 bits per heavy atom. The van der Waals surface area contributed by atoms with Gasteiger partial charge < -0.3 is 9.80 Å². The summed E-state index contributed by atoms with van der Waals surface area (Å²) in [5, 5.41) is 0. The standard InChI is InChI=1S/C20H26N2O4S/c1-2-22(17-8-12-27(25,26)14-17)19(24)20(9-10-20)18(23)21-11-7-15-5-3-4-6-16(15)13-21/h3-6,17H,2,7-14H2,1H3. The number of nitrogens with zero attached hydrogens (tertiary/aromatic N) is 2. The summed E-state index contributed by atoms with van der Waals surface area (Å²) >= 11 is 0. The zero-order chi connectivity index (χ0) is 19.2. The number of rotatable bonds is 4. The molecule has 1 atom stereocenters. The van der Waals surface area contributed by atoms with Crippen molar-refractivity contribution in [3.05, 3.63) is 35.4 Å². The SMILES string of the molecule is CCN(C(=O)C1(C(=O)N2CCc3ccccc3C2)CC1)C1CCS(=O)(=O)C1. The minimum atomic E-state index is -3.07. The highest BCUT2D eigenvalue weighted by molar-refractivity contribution is 7.91. The fraction of sp³-hybridized carbons (Fsp3) is 0.600. The van der Waals surface area contributed by atoms with Crippen LogP contribution in [0.25, 0.3) is 0 Å². The smallest absolute Gasteiger partial charge is 0.238 e. The van der Waals surface area contributed by atoms with Crippen LogP contribution in [0.15, 0.2) is 24.3 Å². The maximum Gasteiger partial charge on any atom is 0.238 e. The molecule has 3 aliphatic rings. The number of fused-ring (bicyclic) bond motifs is 1. The first kappa shape index (κ1) is 18.5. The molecular formula is C20H26N2O4S. The molecular weight excluding hydrogens is 364 g/mol. The van der Waals surface area contributed by atoms with Crippen LogP contribution in [0, 0.1) is 5.41 Å². The van der Waals surface area contributed by atoms with Crippen molar-refractivity contribution >= 4 is 21.7 Å². The first-order chi connectivity index (χ1) is 12.9. The number of carbonyl (C=O) groups excluding carboxylic acids is 2. The van der Waals surface area contributed by atoms with Crippen LogP contribution in [0.3, 0.4) is 0 Å². The van der Waals surface area contributed by atoms with Gasteiger partial charge in [0.15, 0.2) is 9.84 Å². The molecule has 0 bridgehead atoms. The van der Waals surface area contributed by atoms with E-state index in [0.29, 0.717) is 38.9 Å². The average Bonchev–Trinajstić information content (AvgIpc) is 3.40. The van der Waals surface area contributed by atoms with E-state index in [1.807, 2.05) is 30.0 Å². The number of benzene rings is 1. The van der Waals surface area contributed by atoms with Gasteiger partial charge in [0, 0.05) is 25.7 Å². The molecule has 1 saturated heterocycles. The first-order valence-electron chi connectivity index (χ1n) is 9.74. The summed E-state index contributed by atoms with van der Waals surface area (Å²) in [5.74, 6) is -0.101. The third-order valence-electron chi connectivity index (χ3n) is 6.24. The van der Waals surface area contributed by atoms with Crippen LogP contribution in [-0.2, 0) is 32.4 Å². The number of carbonyl (C=O) groups is 2. The van der Waals surface area contributed by atoms with E-state index < -0.39 is 15.3 Å². The highest BCUT2D eigenvalue weighted by Gasteiger charge is 2.60. The van der Waals surface area contributed by atoms with Crippen molar-refractivity contribution in [2.45, 2.75) is 45.2 Å². The molecule has 27 heavy (non-hydrogen) atoms. The van der Waals surface area contributed by atoms with Gasteiger partial charge in [0.1, 0.15) is 5.41 Å². The highest BCUT2D eigenvalue weighted by atomic mass is 32.2. The van der Waals surface area contributed by atoms with E-state index in [9.17, 15) is 18.0 Å². The number of sulfone groups is 1. The fourth-order valence-corrected chi connectivity index (χ4v) is 6.21. The largest absolute Gasteiger partial charge is 0.338 e. The average molecular weight is 391 g/mol. The van der Waals surface area contributed by atoms with Crippen molar-refractivity contribution in [1.82, 2.24) is 9.80 Å². The molecule has 1 saturated carbocycles. The van der Waals surface area contributed by atoms with E-state index in [-0.39, 0.29) is 29.4 Å². The van der Waals surface area contributed by atoms with Crippen molar-refractivity contribution in [3.63, 3.8) is 0 Å². The molecule has 146 valence electrons. The van der Waals surface area contributed by atoms with Gasteiger partial charge in [-0.15, -0.1) is 0 Å². The van der Waals surface area contributed by atoms with Gasteiger partial charge in [-0.05, 0) is 43.7 Å². The van der Waals surface area contributed by atoms with Gasteiger partial charge >= 0.3 is 0 Å². The monoisotopic (exact) mass is 390 g/mol. The molecule has 1 aromatic rings. The van der Waals surface area contributed by atoms with Crippen molar-refractivity contribution < 1.29 is 18.0 Å². The molecule has 1 aromatic carbocycles. The van der Waals surface area contributed by atoms with Crippen molar-refractivity contribution in [2.75, 3.05) is 24.6 Å². The lowest BCUT2D eigenvalue weighted by molar-refractivity contribution is -0.151. The zero-order valence-electron chi connectivity index (χ0n) is 15.7. The summed E-state index contributed by atoms with van der Waals surface area (Å²) in [4.78, 5) is 30.0. The Hall–Kier alpha value is -1.89. The summed E-state index contributed by atoms with van der Waals surface area (Å²) in [6.45, 7) is 3.49. The Kier molecular flexibility index (Phi) is 4.53. The van der Waals surface area contributed by atoms with Crippen LogP contribution in [0.1, 0.15) is 37.3 Å². The summed E-state index contributed by atoms with van der Waals surface area (Å²) in [6.07, 6.45) is 2.42. The van der Waals surface area contributed by atoms with Gasteiger partial charge in [-0.2, -0.15) is 0 Å². The van der Waals surface area contributed by atoms with E-state index >= 15 is 0 Å². The topological polar surface area (TPSA) is 74.8 Å². The predicted molar refractivity (Wildman–Crippen MR) is 102 cm³/mol. The molecule has 2 amide bonds. The van der Waals surface area contributed by atoms with Gasteiger partial charge in [0.2, 0.25) is 11.8 Å². The molecule has 0 N–H and O–H groups in total. The second kappa shape index (κ2) is 6.62. The Morgan fingerprint density at radius 2 is 1.93 bits per heavy atom. The quantitative estimate of drug-likeness (QED) is 0.728. The summed E-state index contributed by atoms with van der Waals surface area (Å²) in [7, 11) is -3.07. The summed E-state index contributed by atoms with van der Waals surface area (Å²) in [6, 6.07) is 7.83. The lowest BCUT2D eigenvalue weighted by atomic mass is 9.96. The molecule has 0 radical (unpaired) electrons. The predicted octanol–water partition coefficient (Wildman–Crippen LogP) is 1.39. The molecule has 4 rings (SSSR count). The minimum absolute atomic E-state index is 0.0218. The Morgan fingerprint density at radius 1 is 1.22 bits per heavy atom. The molecule has 2 fully saturated rings. The normalized spacial score (nSPS) is 24.9. The lowest BCUT2D eigenvalue weighted by Crippen LogP contribution is -2.51. The molecule has 6 nitrogen and oxygen atoms in total. The third-order valence-corrected chi connectivity index (χ3v) is 7.99. The third kappa shape index (κ3) is 3.26. The van der Waals surface area contributed by atoms with E-state index in [2.05, 4.69) is 6.07 Å². The Labute approximate surface area is 160 Å². The number of amides is 2. The highest BCUT2D eigenvalue weighted by Crippen LogP contribution is 2.50. The van der Waals surface area contributed by atoms with Gasteiger partial charge in [-0.3, -0.25) is 9.59 Å². The van der Waals surface area contributed by atoms with Gasteiger partial charge in [-0.25, -0.2) is 8.42 Å². The van der Waals surface area contributed by atoms with Crippen LogP contribution in [0.2, 0.25) is 0 Å².